The fraction of sp³-hybridized carbons (Fsp3) is 0.115. The maximum Gasteiger partial charge on any atom is 0.278 e. The molecule has 3 aromatic carbocycles. The van der Waals surface area contributed by atoms with Crippen molar-refractivity contribution in [1.29, 1.82) is 0 Å². The highest BCUT2D eigenvalue weighted by Crippen LogP contribution is 2.20. The quantitative estimate of drug-likeness (QED) is 0.488. The number of para-hydroxylation sites is 1. The van der Waals surface area contributed by atoms with E-state index in [0.29, 0.717) is 12.2 Å². The second-order valence-corrected chi connectivity index (χ2v) is 7.47. The van der Waals surface area contributed by atoms with Gasteiger partial charge in [-0.25, -0.2) is 4.68 Å². The number of aryl methyl sites for hydroxylation is 1. The summed E-state index contributed by atoms with van der Waals surface area (Å²) in [5.41, 5.74) is 4.25. The molecule has 4 aromatic rings. The highest BCUT2D eigenvalue weighted by Gasteiger charge is 2.19. The predicted molar refractivity (Wildman–Crippen MR) is 122 cm³/mol. The first kappa shape index (κ1) is 20.3. The Morgan fingerprint density at radius 1 is 0.871 bits per heavy atom. The smallest absolute Gasteiger partial charge is 0.278 e. The van der Waals surface area contributed by atoms with Crippen LogP contribution in [-0.4, -0.2) is 27.6 Å². The van der Waals surface area contributed by atoms with Crippen molar-refractivity contribution < 1.29 is 4.79 Å². The van der Waals surface area contributed by atoms with Crippen LogP contribution >= 0.6 is 0 Å². The zero-order valence-electron chi connectivity index (χ0n) is 17.5. The molecule has 0 radical (unpaired) electrons. The minimum Gasteiger partial charge on any atom is -0.336 e. The van der Waals surface area contributed by atoms with Crippen molar-refractivity contribution in [3.8, 4) is 16.8 Å². The molecule has 5 nitrogen and oxygen atoms in total. The molecule has 0 aliphatic rings. The summed E-state index contributed by atoms with van der Waals surface area (Å²) in [5.74, 6) is -0.401. The summed E-state index contributed by atoms with van der Waals surface area (Å²) in [7, 11) is 1.68. The van der Waals surface area contributed by atoms with Crippen LogP contribution in [0, 0.1) is 6.92 Å². The second kappa shape index (κ2) is 8.79. The van der Waals surface area contributed by atoms with E-state index in [-0.39, 0.29) is 11.1 Å². The van der Waals surface area contributed by atoms with E-state index in [4.69, 9.17) is 0 Å². The normalized spacial score (nSPS) is 10.6. The Hall–Kier alpha value is -3.99. The molecule has 0 spiro atoms. The number of nitrogens with zero attached hydrogens (tertiary/aromatic N) is 3. The fourth-order valence-corrected chi connectivity index (χ4v) is 3.49. The Balaban J connectivity index is 1.55. The van der Waals surface area contributed by atoms with Crippen molar-refractivity contribution in [2.75, 3.05) is 7.05 Å². The summed E-state index contributed by atoms with van der Waals surface area (Å²) in [6, 6.07) is 29.1. The van der Waals surface area contributed by atoms with Gasteiger partial charge < -0.3 is 4.90 Å². The minimum atomic E-state index is -0.401. The van der Waals surface area contributed by atoms with Crippen LogP contribution < -0.4 is 5.43 Å². The molecule has 0 aliphatic carbocycles. The molecule has 0 atom stereocenters. The number of carbonyl (C=O) groups is 1. The zero-order valence-corrected chi connectivity index (χ0v) is 17.5. The summed E-state index contributed by atoms with van der Waals surface area (Å²) in [4.78, 5) is 27.0. The highest BCUT2D eigenvalue weighted by atomic mass is 16.2. The number of benzene rings is 3. The third-order valence-corrected chi connectivity index (χ3v) is 5.14. The molecule has 4 rings (SSSR count). The van der Waals surface area contributed by atoms with Crippen molar-refractivity contribution in [2.24, 2.45) is 0 Å². The third-order valence-electron chi connectivity index (χ3n) is 5.14. The molecule has 0 N–H and O–H groups in total. The Morgan fingerprint density at radius 3 is 2.10 bits per heavy atom. The maximum atomic E-state index is 13.0. The highest BCUT2D eigenvalue weighted by molar-refractivity contribution is 5.91. The average molecular weight is 409 g/mol. The lowest BCUT2D eigenvalue weighted by molar-refractivity contribution is 0.0776. The Morgan fingerprint density at radius 2 is 1.45 bits per heavy atom. The standard InChI is InChI=1S/C26H23N3O2/c1-19-17-24(30)25(27-29(19)23-11-7-4-8-12-23)26(31)28(2)18-20-13-15-22(16-14-20)21-9-5-3-6-10-21/h3-17H,18H2,1-2H3. The van der Waals surface area contributed by atoms with Gasteiger partial charge >= 0.3 is 0 Å². The summed E-state index contributed by atoms with van der Waals surface area (Å²) < 4.78 is 1.62. The average Bonchev–Trinajstić information content (AvgIpc) is 2.80. The molecular formula is C26H23N3O2. The van der Waals surface area contributed by atoms with E-state index in [0.717, 1.165) is 22.4 Å². The number of hydrogen-bond donors (Lipinski definition) is 0. The van der Waals surface area contributed by atoms with Crippen LogP contribution in [0.4, 0.5) is 0 Å². The van der Waals surface area contributed by atoms with Crippen LogP contribution in [0.5, 0.6) is 0 Å². The molecular weight excluding hydrogens is 386 g/mol. The van der Waals surface area contributed by atoms with Crippen molar-refractivity contribution in [3.63, 3.8) is 0 Å². The van der Waals surface area contributed by atoms with Crippen molar-refractivity contribution in [1.82, 2.24) is 14.7 Å². The number of carbonyl (C=O) groups excluding carboxylic acids is 1. The first-order valence-corrected chi connectivity index (χ1v) is 10.1. The van der Waals surface area contributed by atoms with Crippen molar-refractivity contribution in [3.05, 3.63) is 118 Å². The van der Waals surface area contributed by atoms with Gasteiger partial charge in [-0.1, -0.05) is 72.8 Å². The minimum absolute atomic E-state index is 0.0853. The first-order valence-electron chi connectivity index (χ1n) is 10.1. The molecule has 5 heteroatoms. The SMILES string of the molecule is Cc1cc(=O)c(C(=O)N(C)Cc2ccc(-c3ccccc3)cc2)nn1-c1ccccc1. The Kier molecular flexibility index (Phi) is 5.76. The lowest BCUT2D eigenvalue weighted by Crippen LogP contribution is -2.33. The number of hydrogen-bond acceptors (Lipinski definition) is 3. The molecule has 0 fully saturated rings. The summed E-state index contributed by atoms with van der Waals surface area (Å²) >= 11 is 0. The van der Waals surface area contributed by atoms with Gasteiger partial charge in [0, 0.05) is 25.4 Å². The Labute approximate surface area is 181 Å². The van der Waals surface area contributed by atoms with E-state index in [2.05, 4.69) is 17.2 Å². The van der Waals surface area contributed by atoms with Crippen molar-refractivity contribution >= 4 is 5.91 Å². The van der Waals surface area contributed by atoms with Gasteiger partial charge in [0.25, 0.3) is 5.91 Å². The van der Waals surface area contributed by atoms with Gasteiger partial charge in [0.15, 0.2) is 5.69 Å². The van der Waals surface area contributed by atoms with E-state index >= 15 is 0 Å². The van der Waals surface area contributed by atoms with Gasteiger partial charge in [0.05, 0.1) is 5.69 Å². The van der Waals surface area contributed by atoms with Gasteiger partial charge in [-0.3, -0.25) is 9.59 Å². The monoisotopic (exact) mass is 409 g/mol. The molecule has 1 heterocycles. The second-order valence-electron chi connectivity index (χ2n) is 7.47. The fourth-order valence-electron chi connectivity index (χ4n) is 3.49. The van der Waals surface area contributed by atoms with Crippen LogP contribution in [0.1, 0.15) is 21.7 Å². The van der Waals surface area contributed by atoms with Gasteiger partial charge in [0.1, 0.15) is 0 Å². The first-order chi connectivity index (χ1) is 15.0. The molecule has 0 saturated carbocycles. The van der Waals surface area contributed by atoms with E-state index in [1.165, 1.54) is 11.0 Å². The van der Waals surface area contributed by atoms with Crippen LogP contribution in [0.2, 0.25) is 0 Å². The van der Waals surface area contributed by atoms with Gasteiger partial charge in [-0.05, 0) is 35.7 Å². The zero-order chi connectivity index (χ0) is 21.8. The molecule has 154 valence electrons. The molecule has 0 unspecified atom stereocenters. The molecule has 1 amide bonds. The molecule has 1 aromatic heterocycles. The van der Waals surface area contributed by atoms with Gasteiger partial charge in [-0.15, -0.1) is 0 Å². The maximum absolute atomic E-state index is 13.0. The summed E-state index contributed by atoms with van der Waals surface area (Å²) in [5, 5.41) is 4.37. The lowest BCUT2D eigenvalue weighted by atomic mass is 10.0. The van der Waals surface area contributed by atoms with E-state index in [1.807, 2.05) is 72.8 Å². The van der Waals surface area contributed by atoms with Crippen LogP contribution in [-0.2, 0) is 6.54 Å². The van der Waals surface area contributed by atoms with Crippen LogP contribution in [0.25, 0.3) is 16.8 Å². The van der Waals surface area contributed by atoms with Gasteiger partial charge in [0.2, 0.25) is 5.43 Å². The Bertz CT molecular complexity index is 1250. The molecule has 31 heavy (non-hydrogen) atoms. The van der Waals surface area contributed by atoms with E-state index in [1.54, 1.807) is 18.7 Å². The number of rotatable bonds is 5. The summed E-state index contributed by atoms with van der Waals surface area (Å²) in [6.45, 7) is 2.18. The summed E-state index contributed by atoms with van der Waals surface area (Å²) in [6.07, 6.45) is 0. The third kappa shape index (κ3) is 4.46. The van der Waals surface area contributed by atoms with E-state index in [9.17, 15) is 9.59 Å². The predicted octanol–water partition coefficient (Wildman–Crippen LogP) is 4.48. The van der Waals surface area contributed by atoms with Crippen LogP contribution in [0.15, 0.2) is 95.8 Å². The molecule has 0 bridgehead atoms. The molecule has 0 saturated heterocycles. The number of aromatic nitrogens is 2. The number of amides is 1. The molecule has 0 aliphatic heterocycles. The van der Waals surface area contributed by atoms with Crippen molar-refractivity contribution in [2.45, 2.75) is 13.5 Å². The van der Waals surface area contributed by atoms with E-state index < -0.39 is 5.91 Å². The largest absolute Gasteiger partial charge is 0.336 e. The lowest BCUT2D eigenvalue weighted by Gasteiger charge is -2.18. The van der Waals surface area contributed by atoms with Crippen LogP contribution in [0.3, 0.4) is 0 Å². The topological polar surface area (TPSA) is 55.2 Å². The van der Waals surface area contributed by atoms with Gasteiger partial charge in [-0.2, -0.15) is 5.10 Å².